The molecule has 0 saturated carbocycles. The van der Waals surface area contributed by atoms with Crippen LogP contribution in [0.15, 0.2) is 36.4 Å². The van der Waals surface area contributed by atoms with Crippen molar-refractivity contribution in [2.45, 2.75) is 20.3 Å². The van der Waals surface area contributed by atoms with Gasteiger partial charge in [0.1, 0.15) is 5.75 Å². The molecule has 18 heavy (non-hydrogen) atoms. The van der Waals surface area contributed by atoms with Crippen LogP contribution in [0.4, 0.5) is 0 Å². The normalized spacial score (nSPS) is 11.8. The Hall–Kier alpha value is -1.54. The van der Waals surface area contributed by atoms with Crippen molar-refractivity contribution in [3.8, 4) is 5.75 Å². The largest absolute Gasteiger partial charge is 0.496 e. The smallest absolute Gasteiger partial charge is 0.126 e. The van der Waals surface area contributed by atoms with Gasteiger partial charge in [-0.2, -0.15) is 0 Å². The summed E-state index contributed by atoms with van der Waals surface area (Å²) in [7, 11) is 1.69. The van der Waals surface area contributed by atoms with Gasteiger partial charge in [-0.3, -0.25) is 0 Å². The molecule has 0 spiro atoms. The van der Waals surface area contributed by atoms with E-state index in [1.165, 1.54) is 10.9 Å². The molecule has 0 radical (unpaired) electrons. The van der Waals surface area contributed by atoms with Gasteiger partial charge in [-0.1, -0.05) is 44.2 Å². The highest BCUT2D eigenvalue weighted by Gasteiger charge is 2.19. The summed E-state index contributed by atoms with van der Waals surface area (Å²) >= 11 is 0. The molecule has 0 heterocycles. The third-order valence-electron chi connectivity index (χ3n) is 3.29. The van der Waals surface area contributed by atoms with E-state index in [4.69, 9.17) is 4.74 Å². The molecule has 0 aliphatic rings. The predicted octanol–water partition coefficient (Wildman–Crippen LogP) is 3.41. The van der Waals surface area contributed by atoms with Gasteiger partial charge in [0.2, 0.25) is 0 Å². The van der Waals surface area contributed by atoms with Gasteiger partial charge in [0.25, 0.3) is 0 Å². The molecule has 96 valence electrons. The molecular formula is C16H20O2. The zero-order chi connectivity index (χ0) is 13.2. The number of fused-ring (bicyclic) bond motifs is 1. The summed E-state index contributed by atoms with van der Waals surface area (Å²) in [5.74, 6) is 0.899. The van der Waals surface area contributed by atoms with Gasteiger partial charge in [0.05, 0.1) is 7.11 Å². The van der Waals surface area contributed by atoms with Crippen LogP contribution in [0.1, 0.15) is 19.4 Å². The lowest BCUT2D eigenvalue weighted by atomic mass is 9.85. The molecule has 2 nitrogen and oxygen atoms in total. The summed E-state index contributed by atoms with van der Waals surface area (Å²) in [6, 6.07) is 12.3. The maximum Gasteiger partial charge on any atom is 0.126 e. The van der Waals surface area contributed by atoms with Crippen LogP contribution in [0.3, 0.4) is 0 Å². The number of aliphatic hydroxyl groups is 1. The summed E-state index contributed by atoms with van der Waals surface area (Å²) in [4.78, 5) is 0. The van der Waals surface area contributed by atoms with E-state index in [0.717, 1.165) is 17.6 Å². The van der Waals surface area contributed by atoms with E-state index in [9.17, 15) is 5.11 Å². The van der Waals surface area contributed by atoms with Crippen molar-refractivity contribution >= 4 is 10.8 Å². The van der Waals surface area contributed by atoms with Crippen molar-refractivity contribution < 1.29 is 9.84 Å². The van der Waals surface area contributed by atoms with Gasteiger partial charge < -0.3 is 9.84 Å². The van der Waals surface area contributed by atoms with Crippen LogP contribution < -0.4 is 4.74 Å². The number of hydrogen-bond donors (Lipinski definition) is 1. The minimum atomic E-state index is -0.0998. The Balaban J connectivity index is 2.53. The van der Waals surface area contributed by atoms with Crippen LogP contribution in [0, 0.1) is 5.41 Å². The first-order valence-electron chi connectivity index (χ1n) is 6.23. The second-order valence-electron chi connectivity index (χ2n) is 5.47. The standard InChI is InChI=1S/C16H20O2/c1-16(2,11-17)10-12-8-9-15(18-3)14-7-5-4-6-13(12)14/h4-9,17H,10-11H2,1-3H3. The molecule has 0 aliphatic heterocycles. The lowest BCUT2D eigenvalue weighted by Crippen LogP contribution is -2.19. The van der Waals surface area contributed by atoms with Crippen LogP contribution in [0.25, 0.3) is 10.8 Å². The lowest BCUT2D eigenvalue weighted by molar-refractivity contribution is 0.160. The molecule has 0 atom stereocenters. The van der Waals surface area contributed by atoms with Gasteiger partial charge in [-0.05, 0) is 28.9 Å². The van der Waals surface area contributed by atoms with Gasteiger partial charge in [0.15, 0.2) is 0 Å². The molecule has 1 N–H and O–H groups in total. The molecule has 0 aliphatic carbocycles. The van der Waals surface area contributed by atoms with Crippen LogP contribution in [-0.2, 0) is 6.42 Å². The lowest BCUT2D eigenvalue weighted by Gasteiger charge is -2.22. The fourth-order valence-corrected chi connectivity index (χ4v) is 2.24. The number of ether oxygens (including phenoxy) is 1. The molecular weight excluding hydrogens is 224 g/mol. The molecule has 2 rings (SSSR count). The third kappa shape index (κ3) is 2.49. The van der Waals surface area contributed by atoms with E-state index >= 15 is 0 Å². The van der Waals surface area contributed by atoms with Crippen molar-refractivity contribution in [1.29, 1.82) is 0 Å². The van der Waals surface area contributed by atoms with E-state index in [1.54, 1.807) is 7.11 Å². The van der Waals surface area contributed by atoms with Crippen LogP contribution >= 0.6 is 0 Å². The van der Waals surface area contributed by atoms with E-state index in [0.29, 0.717) is 0 Å². The van der Waals surface area contributed by atoms with Crippen molar-refractivity contribution in [1.82, 2.24) is 0 Å². The molecule has 2 aromatic rings. The fraction of sp³-hybridized carbons (Fsp3) is 0.375. The molecule has 0 bridgehead atoms. The first kappa shape index (κ1) is 12.9. The van der Waals surface area contributed by atoms with E-state index in [1.807, 2.05) is 18.2 Å². The Bertz CT molecular complexity index is 544. The van der Waals surface area contributed by atoms with Crippen molar-refractivity contribution in [3.63, 3.8) is 0 Å². The van der Waals surface area contributed by atoms with Gasteiger partial charge in [-0.15, -0.1) is 0 Å². The Morgan fingerprint density at radius 2 is 1.72 bits per heavy atom. The van der Waals surface area contributed by atoms with Crippen LogP contribution in [-0.4, -0.2) is 18.8 Å². The predicted molar refractivity (Wildman–Crippen MR) is 75.1 cm³/mol. The van der Waals surface area contributed by atoms with Crippen molar-refractivity contribution in [3.05, 3.63) is 42.0 Å². The monoisotopic (exact) mass is 244 g/mol. The topological polar surface area (TPSA) is 29.5 Å². The van der Waals surface area contributed by atoms with E-state index in [2.05, 4.69) is 32.0 Å². The molecule has 0 fully saturated rings. The third-order valence-corrected chi connectivity index (χ3v) is 3.29. The molecule has 0 unspecified atom stereocenters. The first-order valence-corrected chi connectivity index (χ1v) is 6.23. The molecule has 0 amide bonds. The number of hydrogen-bond acceptors (Lipinski definition) is 2. The number of rotatable bonds is 4. The number of benzene rings is 2. The van der Waals surface area contributed by atoms with Crippen molar-refractivity contribution in [2.75, 3.05) is 13.7 Å². The Morgan fingerprint density at radius 3 is 2.33 bits per heavy atom. The van der Waals surface area contributed by atoms with E-state index < -0.39 is 0 Å². The average molecular weight is 244 g/mol. The van der Waals surface area contributed by atoms with E-state index in [-0.39, 0.29) is 12.0 Å². The van der Waals surface area contributed by atoms with Crippen LogP contribution in [0.2, 0.25) is 0 Å². The minimum Gasteiger partial charge on any atom is -0.496 e. The SMILES string of the molecule is COc1ccc(CC(C)(C)CO)c2ccccc12. The molecule has 0 aromatic heterocycles. The molecule has 2 aromatic carbocycles. The zero-order valence-corrected chi connectivity index (χ0v) is 11.2. The second kappa shape index (κ2) is 4.99. The summed E-state index contributed by atoms with van der Waals surface area (Å²) < 4.78 is 5.39. The summed E-state index contributed by atoms with van der Waals surface area (Å²) in [5, 5.41) is 11.7. The van der Waals surface area contributed by atoms with Crippen molar-refractivity contribution in [2.24, 2.45) is 5.41 Å². The summed E-state index contributed by atoms with van der Waals surface area (Å²) in [5.41, 5.74) is 1.16. The molecule has 2 heteroatoms. The first-order chi connectivity index (χ1) is 8.57. The minimum absolute atomic E-state index is 0.0998. The highest BCUT2D eigenvalue weighted by Crippen LogP contribution is 2.32. The zero-order valence-electron chi connectivity index (χ0n) is 11.2. The summed E-state index contributed by atoms with van der Waals surface area (Å²) in [6.45, 7) is 4.34. The maximum atomic E-state index is 9.40. The summed E-state index contributed by atoms with van der Waals surface area (Å²) in [6.07, 6.45) is 0.855. The van der Waals surface area contributed by atoms with Gasteiger partial charge in [0, 0.05) is 12.0 Å². The van der Waals surface area contributed by atoms with Gasteiger partial charge >= 0.3 is 0 Å². The van der Waals surface area contributed by atoms with Gasteiger partial charge in [-0.25, -0.2) is 0 Å². The Morgan fingerprint density at radius 1 is 1.06 bits per heavy atom. The number of methoxy groups -OCH3 is 1. The Labute approximate surface area is 108 Å². The Kier molecular flexibility index (Phi) is 3.58. The quantitative estimate of drug-likeness (QED) is 0.893. The second-order valence-corrected chi connectivity index (χ2v) is 5.47. The van der Waals surface area contributed by atoms with Crippen LogP contribution in [0.5, 0.6) is 5.75 Å². The maximum absolute atomic E-state index is 9.40. The number of aliphatic hydroxyl groups excluding tert-OH is 1. The highest BCUT2D eigenvalue weighted by molar-refractivity contribution is 5.91. The fourth-order valence-electron chi connectivity index (χ4n) is 2.24. The molecule has 0 saturated heterocycles. The highest BCUT2D eigenvalue weighted by atomic mass is 16.5. The average Bonchev–Trinajstić information content (AvgIpc) is 2.39.